The van der Waals surface area contributed by atoms with Gasteiger partial charge in [0.25, 0.3) is 5.91 Å². The Labute approximate surface area is 187 Å². The molecule has 1 aliphatic rings. The Morgan fingerprint density at radius 2 is 1.87 bits per heavy atom. The Hall–Kier alpha value is -2.55. The van der Waals surface area contributed by atoms with Gasteiger partial charge in [-0.2, -0.15) is 4.31 Å². The smallest absolute Gasteiger partial charge is 0.257 e. The molecule has 0 saturated carbocycles. The van der Waals surface area contributed by atoms with Crippen molar-refractivity contribution in [3.8, 4) is 11.3 Å². The first-order chi connectivity index (χ1) is 14.9. The zero-order valence-electron chi connectivity index (χ0n) is 17.6. The minimum Gasteiger partial charge on any atom is -0.298 e. The third-order valence-electron chi connectivity index (χ3n) is 5.56. The van der Waals surface area contributed by atoms with Crippen LogP contribution >= 0.6 is 11.3 Å². The number of nitrogens with zero attached hydrogens (tertiary/aromatic N) is 2. The zero-order valence-corrected chi connectivity index (χ0v) is 19.2. The minimum atomic E-state index is -3.63. The maximum absolute atomic E-state index is 12.8. The van der Waals surface area contributed by atoms with Gasteiger partial charge in [-0.3, -0.25) is 10.1 Å². The number of carbonyl (C=O) groups excluding carboxylic acids is 1. The molecule has 0 unspecified atom stereocenters. The van der Waals surface area contributed by atoms with Crippen LogP contribution in [0.1, 0.15) is 41.8 Å². The van der Waals surface area contributed by atoms with Gasteiger partial charge in [0.05, 0.1) is 10.6 Å². The summed E-state index contributed by atoms with van der Waals surface area (Å²) in [5, 5.41) is 5.20. The number of benzene rings is 2. The van der Waals surface area contributed by atoms with E-state index in [1.807, 2.05) is 5.38 Å². The third-order valence-corrected chi connectivity index (χ3v) is 8.36. The van der Waals surface area contributed by atoms with Crippen molar-refractivity contribution in [3.63, 3.8) is 0 Å². The first-order valence-electron chi connectivity index (χ1n) is 10.4. The molecular formula is C23H25N3O3S2. The number of sulfonamides is 1. The van der Waals surface area contributed by atoms with E-state index in [1.54, 1.807) is 26.0 Å². The predicted molar refractivity (Wildman–Crippen MR) is 124 cm³/mol. The summed E-state index contributed by atoms with van der Waals surface area (Å²) in [4.78, 5) is 17.4. The number of rotatable bonds is 7. The lowest BCUT2D eigenvalue weighted by atomic mass is 10.1. The van der Waals surface area contributed by atoms with Gasteiger partial charge in [-0.15, -0.1) is 11.3 Å². The molecule has 4 rings (SSSR count). The number of hydrogen-bond donors (Lipinski definition) is 1. The lowest BCUT2D eigenvalue weighted by Crippen LogP contribution is -2.30. The summed E-state index contributed by atoms with van der Waals surface area (Å²) in [6.07, 6.45) is 3.43. The molecule has 1 amide bonds. The Morgan fingerprint density at radius 1 is 1.10 bits per heavy atom. The number of aromatic nitrogens is 1. The Balaban J connectivity index is 1.52. The minimum absolute atomic E-state index is 0.113. The number of fused-ring (bicyclic) bond motifs is 1. The molecule has 8 heteroatoms. The standard InChI is InChI=1S/C23H25N3O3S2/c1-3-26(4-2)31(28,29)20-10-6-9-19(14-20)22(27)25-23-24-21(15-30-23)18-12-11-16-7-5-8-17(16)13-18/h6,9-15H,3-5,7-8H2,1-2H3,(H,24,25,27). The van der Waals surface area contributed by atoms with E-state index in [0.29, 0.717) is 18.2 Å². The highest BCUT2D eigenvalue weighted by atomic mass is 32.2. The number of anilines is 1. The molecule has 1 N–H and O–H groups in total. The average Bonchev–Trinajstić information content (AvgIpc) is 3.43. The van der Waals surface area contributed by atoms with E-state index in [4.69, 9.17) is 0 Å². The van der Waals surface area contributed by atoms with Crippen LogP contribution in [0.25, 0.3) is 11.3 Å². The normalized spacial score (nSPS) is 13.4. The van der Waals surface area contributed by atoms with Gasteiger partial charge in [-0.05, 0) is 54.7 Å². The molecule has 1 aromatic heterocycles. The van der Waals surface area contributed by atoms with Crippen LogP contribution in [0.15, 0.2) is 52.7 Å². The lowest BCUT2D eigenvalue weighted by Gasteiger charge is -2.18. The molecule has 0 saturated heterocycles. The molecule has 0 fully saturated rings. The fourth-order valence-corrected chi connectivity index (χ4v) is 6.09. The molecule has 0 aliphatic heterocycles. The van der Waals surface area contributed by atoms with Crippen molar-refractivity contribution in [2.45, 2.75) is 38.0 Å². The van der Waals surface area contributed by atoms with Crippen LogP contribution in [0.3, 0.4) is 0 Å². The molecule has 0 atom stereocenters. The molecule has 0 bridgehead atoms. The van der Waals surface area contributed by atoms with Gasteiger partial charge in [0, 0.05) is 29.6 Å². The number of thiazole rings is 1. The van der Waals surface area contributed by atoms with Crippen molar-refractivity contribution in [1.29, 1.82) is 0 Å². The van der Waals surface area contributed by atoms with Gasteiger partial charge in [-0.1, -0.05) is 32.0 Å². The summed E-state index contributed by atoms with van der Waals surface area (Å²) in [5.74, 6) is -0.383. The lowest BCUT2D eigenvalue weighted by molar-refractivity contribution is 0.102. The summed E-state index contributed by atoms with van der Waals surface area (Å²) in [7, 11) is -3.63. The van der Waals surface area contributed by atoms with Crippen LogP contribution in [-0.2, 0) is 22.9 Å². The second-order valence-electron chi connectivity index (χ2n) is 7.45. The van der Waals surface area contributed by atoms with Gasteiger partial charge < -0.3 is 0 Å². The molecular weight excluding hydrogens is 430 g/mol. The summed E-state index contributed by atoms with van der Waals surface area (Å²) in [6, 6.07) is 12.5. The Bertz CT molecular complexity index is 1210. The van der Waals surface area contributed by atoms with E-state index in [0.717, 1.165) is 24.1 Å². The van der Waals surface area contributed by atoms with Crippen LogP contribution < -0.4 is 5.32 Å². The van der Waals surface area contributed by atoms with Crippen molar-refractivity contribution >= 4 is 32.4 Å². The number of hydrogen-bond acceptors (Lipinski definition) is 5. The third kappa shape index (κ3) is 4.42. The van der Waals surface area contributed by atoms with E-state index >= 15 is 0 Å². The van der Waals surface area contributed by atoms with E-state index in [2.05, 4.69) is 28.5 Å². The largest absolute Gasteiger partial charge is 0.298 e. The molecule has 0 radical (unpaired) electrons. The van der Waals surface area contributed by atoms with Gasteiger partial charge in [0.1, 0.15) is 0 Å². The van der Waals surface area contributed by atoms with Gasteiger partial charge in [0.2, 0.25) is 10.0 Å². The number of carbonyl (C=O) groups is 1. The molecule has 2 aromatic carbocycles. The van der Waals surface area contributed by atoms with Crippen LogP contribution in [0.2, 0.25) is 0 Å². The second-order valence-corrected chi connectivity index (χ2v) is 10.2. The van der Waals surface area contributed by atoms with Crippen LogP contribution in [-0.4, -0.2) is 36.7 Å². The van der Waals surface area contributed by atoms with Gasteiger partial charge in [-0.25, -0.2) is 13.4 Å². The molecule has 6 nitrogen and oxygen atoms in total. The highest BCUT2D eigenvalue weighted by molar-refractivity contribution is 7.89. The number of amides is 1. The van der Waals surface area contributed by atoms with Gasteiger partial charge in [0.15, 0.2) is 5.13 Å². The number of nitrogens with one attached hydrogen (secondary N) is 1. The summed E-state index contributed by atoms with van der Waals surface area (Å²) in [5.41, 5.74) is 4.94. The van der Waals surface area contributed by atoms with E-state index in [1.165, 1.54) is 45.3 Å². The summed E-state index contributed by atoms with van der Waals surface area (Å²) in [6.45, 7) is 4.33. The van der Waals surface area contributed by atoms with E-state index < -0.39 is 10.0 Å². The van der Waals surface area contributed by atoms with E-state index in [-0.39, 0.29) is 16.4 Å². The zero-order chi connectivity index (χ0) is 22.0. The van der Waals surface area contributed by atoms with Crippen molar-refractivity contribution in [2.75, 3.05) is 18.4 Å². The summed E-state index contributed by atoms with van der Waals surface area (Å²) < 4.78 is 26.9. The monoisotopic (exact) mass is 455 g/mol. The number of aryl methyl sites for hydroxylation is 2. The first kappa shape index (κ1) is 21.7. The molecule has 162 valence electrons. The maximum atomic E-state index is 12.8. The SMILES string of the molecule is CCN(CC)S(=O)(=O)c1cccc(C(=O)Nc2nc(-c3ccc4c(c3)CCC4)cs2)c1. The van der Waals surface area contributed by atoms with Crippen LogP contribution in [0.5, 0.6) is 0 Å². The first-order valence-corrected chi connectivity index (χ1v) is 12.7. The maximum Gasteiger partial charge on any atom is 0.257 e. The van der Waals surface area contributed by atoms with Crippen molar-refractivity contribution in [3.05, 3.63) is 64.5 Å². The topological polar surface area (TPSA) is 79.4 Å². The highest BCUT2D eigenvalue weighted by Crippen LogP contribution is 2.30. The Morgan fingerprint density at radius 3 is 2.65 bits per heavy atom. The fraction of sp³-hybridized carbons (Fsp3) is 0.304. The molecule has 0 spiro atoms. The molecule has 3 aromatic rings. The van der Waals surface area contributed by atoms with Crippen molar-refractivity contribution in [1.82, 2.24) is 9.29 Å². The Kier molecular flexibility index (Phi) is 6.22. The van der Waals surface area contributed by atoms with Crippen LogP contribution in [0.4, 0.5) is 5.13 Å². The van der Waals surface area contributed by atoms with Crippen LogP contribution in [0, 0.1) is 0 Å². The fourth-order valence-electron chi connectivity index (χ4n) is 3.87. The quantitative estimate of drug-likeness (QED) is 0.565. The highest BCUT2D eigenvalue weighted by Gasteiger charge is 2.23. The molecule has 1 heterocycles. The van der Waals surface area contributed by atoms with Gasteiger partial charge >= 0.3 is 0 Å². The molecule has 31 heavy (non-hydrogen) atoms. The van der Waals surface area contributed by atoms with Crippen molar-refractivity contribution < 1.29 is 13.2 Å². The summed E-state index contributed by atoms with van der Waals surface area (Å²) >= 11 is 1.35. The van der Waals surface area contributed by atoms with E-state index in [9.17, 15) is 13.2 Å². The second kappa shape index (κ2) is 8.90. The van der Waals surface area contributed by atoms with Crippen molar-refractivity contribution in [2.24, 2.45) is 0 Å². The molecule has 1 aliphatic carbocycles. The average molecular weight is 456 g/mol. The predicted octanol–water partition coefficient (Wildman–Crippen LogP) is 4.58.